The third-order valence-corrected chi connectivity index (χ3v) is 4.26. The number of carboxylic acids is 1. The molecule has 0 heterocycles. The third-order valence-electron chi connectivity index (χ3n) is 4.26. The summed E-state index contributed by atoms with van der Waals surface area (Å²) in [6.45, 7) is 6.28. The summed E-state index contributed by atoms with van der Waals surface area (Å²) in [4.78, 5) is 23.2. The number of hydrogen-bond donors (Lipinski definition) is 3. The Morgan fingerprint density at radius 3 is 2.42 bits per heavy atom. The molecule has 1 unspecified atom stereocenters. The van der Waals surface area contributed by atoms with Crippen LogP contribution in [0.1, 0.15) is 52.9 Å². The first-order valence-corrected chi connectivity index (χ1v) is 7.17. The van der Waals surface area contributed by atoms with Gasteiger partial charge in [0.1, 0.15) is 0 Å². The number of amides is 2. The van der Waals surface area contributed by atoms with E-state index in [1.807, 2.05) is 13.8 Å². The van der Waals surface area contributed by atoms with Gasteiger partial charge in [0.25, 0.3) is 0 Å². The van der Waals surface area contributed by atoms with Gasteiger partial charge in [0, 0.05) is 12.6 Å². The average Bonchev–Trinajstić information content (AvgIpc) is 2.38. The van der Waals surface area contributed by atoms with Gasteiger partial charge in [-0.2, -0.15) is 0 Å². The number of hydrogen-bond acceptors (Lipinski definition) is 2. The minimum absolute atomic E-state index is 0.104. The molecule has 1 saturated carbocycles. The van der Waals surface area contributed by atoms with Crippen LogP contribution in [0.25, 0.3) is 0 Å². The van der Waals surface area contributed by atoms with E-state index in [0.717, 1.165) is 19.3 Å². The highest BCUT2D eigenvalue weighted by atomic mass is 16.4. The van der Waals surface area contributed by atoms with Crippen molar-refractivity contribution in [2.24, 2.45) is 11.3 Å². The second-order valence-electron chi connectivity index (χ2n) is 5.90. The Bertz CT molecular complexity index is 323. The van der Waals surface area contributed by atoms with Gasteiger partial charge in [-0.05, 0) is 44.9 Å². The second-order valence-corrected chi connectivity index (χ2v) is 5.90. The van der Waals surface area contributed by atoms with Crippen molar-refractivity contribution in [3.63, 3.8) is 0 Å². The molecule has 3 N–H and O–H groups in total. The molecule has 1 aliphatic carbocycles. The summed E-state index contributed by atoms with van der Waals surface area (Å²) in [6.07, 6.45) is 3.98. The topological polar surface area (TPSA) is 78.4 Å². The molecule has 0 radical (unpaired) electrons. The molecule has 2 amide bonds. The summed E-state index contributed by atoms with van der Waals surface area (Å²) in [5.41, 5.74) is -0.778. The van der Waals surface area contributed by atoms with Crippen LogP contribution in [0.2, 0.25) is 0 Å². The summed E-state index contributed by atoms with van der Waals surface area (Å²) < 4.78 is 0. The summed E-state index contributed by atoms with van der Waals surface area (Å²) in [6, 6.07) is -0.166. The predicted octanol–water partition coefficient (Wildman–Crippen LogP) is 2.37. The Kier molecular flexibility index (Phi) is 5.63. The number of carbonyl (C=O) groups is 2. The fourth-order valence-electron chi connectivity index (χ4n) is 2.41. The lowest BCUT2D eigenvalue weighted by atomic mass is 9.71. The van der Waals surface area contributed by atoms with E-state index >= 15 is 0 Å². The molecule has 110 valence electrons. The van der Waals surface area contributed by atoms with Gasteiger partial charge >= 0.3 is 12.0 Å². The zero-order chi connectivity index (χ0) is 14.5. The first-order valence-electron chi connectivity index (χ1n) is 7.17. The fraction of sp³-hybridized carbons (Fsp3) is 0.857. The maximum atomic E-state index is 11.7. The molecule has 19 heavy (non-hydrogen) atoms. The smallest absolute Gasteiger partial charge is 0.315 e. The van der Waals surface area contributed by atoms with Gasteiger partial charge in [0.15, 0.2) is 0 Å². The van der Waals surface area contributed by atoms with E-state index in [1.165, 1.54) is 0 Å². The van der Waals surface area contributed by atoms with Gasteiger partial charge < -0.3 is 15.7 Å². The minimum atomic E-state index is -0.789. The lowest BCUT2D eigenvalue weighted by molar-refractivity contribution is -0.151. The van der Waals surface area contributed by atoms with E-state index in [-0.39, 0.29) is 18.6 Å². The lowest BCUT2D eigenvalue weighted by Crippen LogP contribution is -2.49. The van der Waals surface area contributed by atoms with E-state index < -0.39 is 11.4 Å². The molecule has 0 spiro atoms. The number of urea groups is 1. The Hall–Kier alpha value is -1.26. The van der Waals surface area contributed by atoms with Gasteiger partial charge in [-0.25, -0.2) is 4.79 Å². The van der Waals surface area contributed by atoms with Crippen LogP contribution < -0.4 is 10.6 Å². The zero-order valence-electron chi connectivity index (χ0n) is 12.2. The van der Waals surface area contributed by atoms with Gasteiger partial charge in [0.2, 0.25) is 0 Å². The molecular formula is C14H26N2O3. The van der Waals surface area contributed by atoms with Gasteiger partial charge in [-0.3, -0.25) is 4.79 Å². The fourth-order valence-corrected chi connectivity index (χ4v) is 2.41. The van der Waals surface area contributed by atoms with Crippen molar-refractivity contribution in [3.8, 4) is 0 Å². The molecule has 1 fully saturated rings. The molecule has 0 aliphatic heterocycles. The minimum Gasteiger partial charge on any atom is -0.481 e. The Morgan fingerprint density at radius 1 is 1.37 bits per heavy atom. The Balaban J connectivity index is 2.51. The molecule has 5 heteroatoms. The highest BCUT2D eigenvalue weighted by Crippen LogP contribution is 2.38. The van der Waals surface area contributed by atoms with Crippen LogP contribution in [0.15, 0.2) is 0 Å². The zero-order valence-corrected chi connectivity index (χ0v) is 12.2. The molecule has 0 saturated heterocycles. The molecule has 0 bridgehead atoms. The third kappa shape index (κ3) is 4.40. The van der Waals surface area contributed by atoms with Gasteiger partial charge in [0.05, 0.1) is 5.41 Å². The predicted molar refractivity (Wildman–Crippen MR) is 74.0 cm³/mol. The highest BCUT2D eigenvalue weighted by Gasteiger charge is 2.41. The average molecular weight is 270 g/mol. The molecule has 0 aromatic rings. The number of rotatable bonds is 5. The van der Waals surface area contributed by atoms with Crippen molar-refractivity contribution in [1.29, 1.82) is 0 Å². The van der Waals surface area contributed by atoms with Crippen LogP contribution in [0.3, 0.4) is 0 Å². The van der Waals surface area contributed by atoms with Crippen LogP contribution >= 0.6 is 0 Å². The van der Waals surface area contributed by atoms with Crippen molar-refractivity contribution in [1.82, 2.24) is 10.6 Å². The molecule has 1 atom stereocenters. The standard InChI is InChI=1S/C14H26N2O3/c1-4-11(3)16-13(19)15-9-14(12(17)18)7-5-10(2)6-8-14/h10-11H,4-9H2,1-3H3,(H,17,18)(H2,15,16,19). The quantitative estimate of drug-likeness (QED) is 0.717. The summed E-state index contributed by atoms with van der Waals surface area (Å²) in [7, 11) is 0. The maximum Gasteiger partial charge on any atom is 0.315 e. The summed E-state index contributed by atoms with van der Waals surface area (Å²) in [5, 5.41) is 15.0. The van der Waals surface area contributed by atoms with E-state index in [4.69, 9.17) is 0 Å². The summed E-state index contributed by atoms with van der Waals surface area (Å²) in [5.74, 6) is -0.204. The number of nitrogens with one attached hydrogen (secondary N) is 2. The molecule has 1 aliphatic rings. The maximum absolute atomic E-state index is 11.7. The first kappa shape index (κ1) is 15.8. The van der Waals surface area contributed by atoms with Crippen molar-refractivity contribution in [2.45, 2.75) is 58.9 Å². The molecule has 1 rings (SSSR count). The van der Waals surface area contributed by atoms with E-state index in [1.54, 1.807) is 0 Å². The van der Waals surface area contributed by atoms with Gasteiger partial charge in [-0.1, -0.05) is 13.8 Å². The van der Waals surface area contributed by atoms with E-state index in [0.29, 0.717) is 18.8 Å². The summed E-state index contributed by atoms with van der Waals surface area (Å²) >= 11 is 0. The number of aliphatic carboxylic acids is 1. The van der Waals surface area contributed by atoms with Crippen molar-refractivity contribution in [3.05, 3.63) is 0 Å². The van der Waals surface area contributed by atoms with Crippen LogP contribution in [0, 0.1) is 11.3 Å². The molecule has 0 aromatic carbocycles. The normalized spacial score (nSPS) is 28.5. The highest BCUT2D eigenvalue weighted by molar-refractivity contribution is 5.78. The van der Waals surface area contributed by atoms with Crippen molar-refractivity contribution < 1.29 is 14.7 Å². The van der Waals surface area contributed by atoms with Crippen molar-refractivity contribution in [2.75, 3.05) is 6.54 Å². The van der Waals surface area contributed by atoms with Crippen LogP contribution in [0.5, 0.6) is 0 Å². The first-order chi connectivity index (χ1) is 8.89. The van der Waals surface area contributed by atoms with E-state index in [9.17, 15) is 14.7 Å². The monoisotopic (exact) mass is 270 g/mol. The van der Waals surface area contributed by atoms with Crippen LogP contribution in [-0.2, 0) is 4.79 Å². The number of carbonyl (C=O) groups excluding carboxylic acids is 1. The SMILES string of the molecule is CCC(C)NC(=O)NCC1(C(=O)O)CCC(C)CC1. The Labute approximate surface area is 115 Å². The largest absolute Gasteiger partial charge is 0.481 e. The van der Waals surface area contributed by atoms with Crippen molar-refractivity contribution >= 4 is 12.0 Å². The molecule has 0 aromatic heterocycles. The van der Waals surface area contributed by atoms with Gasteiger partial charge in [-0.15, -0.1) is 0 Å². The molecular weight excluding hydrogens is 244 g/mol. The Morgan fingerprint density at radius 2 is 1.95 bits per heavy atom. The molecule has 5 nitrogen and oxygen atoms in total. The number of carboxylic acid groups (broad SMARTS) is 1. The second kappa shape index (κ2) is 6.78. The van der Waals surface area contributed by atoms with Crippen LogP contribution in [0.4, 0.5) is 4.79 Å². The van der Waals surface area contributed by atoms with Crippen LogP contribution in [-0.4, -0.2) is 29.7 Å². The lowest BCUT2D eigenvalue weighted by Gasteiger charge is -2.35. The van der Waals surface area contributed by atoms with E-state index in [2.05, 4.69) is 17.6 Å².